The number of hydrogen-bond acceptors (Lipinski definition) is 6. The van der Waals surface area contributed by atoms with Gasteiger partial charge in [0.1, 0.15) is 12.1 Å². The van der Waals surface area contributed by atoms with Crippen molar-refractivity contribution >= 4 is 5.97 Å². The summed E-state index contributed by atoms with van der Waals surface area (Å²) in [5.74, 6) is -0.951. The van der Waals surface area contributed by atoms with Gasteiger partial charge in [-0.05, 0) is 0 Å². The lowest BCUT2D eigenvalue weighted by Crippen LogP contribution is -2.36. The summed E-state index contributed by atoms with van der Waals surface area (Å²) in [6.07, 6.45) is -3.01. The molecule has 1 saturated heterocycles. The van der Waals surface area contributed by atoms with Gasteiger partial charge in [0.15, 0.2) is 12.2 Å². The van der Waals surface area contributed by atoms with E-state index in [4.69, 9.17) is 5.11 Å². The van der Waals surface area contributed by atoms with Crippen LogP contribution in [0.5, 0.6) is 0 Å². The van der Waals surface area contributed by atoms with Gasteiger partial charge in [0.25, 0.3) is 0 Å². The molecule has 0 aromatic carbocycles. The first kappa shape index (κ1) is 9.82. The molecule has 72 valence electrons. The number of aliphatic hydroxyl groups is 2. The maximum atomic E-state index is 10.7. The number of cyclic esters (lactones) is 1. The van der Waals surface area contributed by atoms with E-state index in [1.165, 1.54) is 0 Å². The Bertz CT molecular complexity index is 233. The normalized spacial score (nSPS) is 35.2. The summed E-state index contributed by atoms with van der Waals surface area (Å²) in [5.41, 5.74) is 0. The van der Waals surface area contributed by atoms with Crippen LogP contribution in [0.1, 0.15) is 0 Å². The van der Waals surface area contributed by atoms with Crippen LogP contribution in [0.4, 0.5) is 0 Å². The van der Waals surface area contributed by atoms with Crippen molar-refractivity contribution in [2.24, 2.45) is 5.18 Å². The summed E-state index contributed by atoms with van der Waals surface area (Å²) >= 11 is 0. The van der Waals surface area contributed by atoms with Crippen molar-refractivity contribution < 1.29 is 19.7 Å². The number of nitrogens with zero attached hydrogens (tertiary/aromatic N) is 1. The molecule has 1 rings (SSSR count). The van der Waals surface area contributed by atoms with Crippen LogP contribution < -0.4 is 0 Å². The molecule has 1 aliphatic rings. The average molecular weight is 187 g/mol. The minimum Gasteiger partial charge on any atom is -0.455 e. The van der Waals surface area contributed by atoms with Crippen molar-refractivity contribution in [1.82, 2.24) is 0 Å². The summed E-state index contributed by atoms with van der Waals surface area (Å²) in [4.78, 5) is 20.9. The van der Waals surface area contributed by atoms with E-state index < -0.39 is 30.3 Å². The van der Waals surface area contributed by atoms with Crippen LogP contribution in [0.3, 0.4) is 0 Å². The molecule has 0 aliphatic carbocycles. The first-order valence-corrected chi connectivity index (χ1v) is 3.63. The maximum absolute atomic E-state index is 10.7. The number of hydrogen-bond donors (Lipinski definition) is 2. The van der Waals surface area contributed by atoms with Crippen LogP contribution in [0.15, 0.2) is 17.8 Å². The SMILES string of the molecule is C=C[C@@H](N=O)[C@@H]1OC(=O)[C@H](O)[C@@H]1O. The predicted octanol–water partition coefficient (Wildman–Crippen LogP) is -1.05. The molecule has 0 saturated carbocycles. The third kappa shape index (κ3) is 1.58. The van der Waals surface area contributed by atoms with Crippen molar-refractivity contribution in [3.63, 3.8) is 0 Å². The van der Waals surface area contributed by atoms with E-state index >= 15 is 0 Å². The van der Waals surface area contributed by atoms with Gasteiger partial charge in [-0.25, -0.2) is 4.79 Å². The fraction of sp³-hybridized carbons (Fsp3) is 0.571. The highest BCUT2D eigenvalue weighted by molar-refractivity contribution is 5.77. The Morgan fingerprint density at radius 2 is 2.23 bits per heavy atom. The van der Waals surface area contributed by atoms with Gasteiger partial charge in [0, 0.05) is 0 Å². The minimum atomic E-state index is -1.60. The van der Waals surface area contributed by atoms with Gasteiger partial charge in [-0.3, -0.25) is 0 Å². The van der Waals surface area contributed by atoms with Crippen LogP contribution >= 0.6 is 0 Å². The van der Waals surface area contributed by atoms with Gasteiger partial charge in [0.2, 0.25) is 0 Å². The summed E-state index contributed by atoms with van der Waals surface area (Å²) in [6, 6.07) is -1.03. The Labute approximate surface area is 73.8 Å². The van der Waals surface area contributed by atoms with Gasteiger partial charge < -0.3 is 14.9 Å². The number of carbonyl (C=O) groups excluding carboxylic acids is 1. The van der Waals surface area contributed by atoms with Gasteiger partial charge in [-0.1, -0.05) is 11.3 Å². The fourth-order valence-corrected chi connectivity index (χ4v) is 1.10. The molecule has 2 N–H and O–H groups in total. The highest BCUT2D eigenvalue weighted by Crippen LogP contribution is 2.20. The molecule has 0 amide bonds. The molecule has 13 heavy (non-hydrogen) atoms. The van der Waals surface area contributed by atoms with Crippen molar-refractivity contribution in [3.05, 3.63) is 17.6 Å². The van der Waals surface area contributed by atoms with Gasteiger partial charge in [-0.2, -0.15) is 4.91 Å². The van der Waals surface area contributed by atoms with E-state index in [0.717, 1.165) is 6.08 Å². The Hall–Kier alpha value is -1.27. The zero-order chi connectivity index (χ0) is 10.0. The fourth-order valence-electron chi connectivity index (χ4n) is 1.10. The Kier molecular flexibility index (Phi) is 2.74. The highest BCUT2D eigenvalue weighted by atomic mass is 16.6. The van der Waals surface area contributed by atoms with E-state index in [0.29, 0.717) is 0 Å². The average Bonchev–Trinajstić information content (AvgIpc) is 2.36. The molecule has 6 heteroatoms. The monoisotopic (exact) mass is 187 g/mol. The third-order valence-corrected chi connectivity index (χ3v) is 1.85. The number of aliphatic hydroxyl groups excluding tert-OH is 2. The molecular formula is C7H9NO5. The second-order valence-corrected chi connectivity index (χ2v) is 2.67. The van der Waals surface area contributed by atoms with Crippen molar-refractivity contribution in [3.8, 4) is 0 Å². The highest BCUT2D eigenvalue weighted by Gasteiger charge is 2.46. The topological polar surface area (TPSA) is 96.2 Å². The van der Waals surface area contributed by atoms with Crippen molar-refractivity contribution in [2.75, 3.05) is 0 Å². The molecule has 1 heterocycles. The lowest BCUT2D eigenvalue weighted by Gasteiger charge is -2.15. The molecule has 0 radical (unpaired) electrons. The largest absolute Gasteiger partial charge is 0.455 e. The second kappa shape index (κ2) is 3.63. The smallest absolute Gasteiger partial charge is 0.338 e. The number of carbonyl (C=O) groups is 1. The third-order valence-electron chi connectivity index (χ3n) is 1.85. The molecule has 0 bridgehead atoms. The van der Waals surface area contributed by atoms with Gasteiger partial charge >= 0.3 is 5.97 Å². The lowest BCUT2D eigenvalue weighted by molar-refractivity contribution is -0.147. The van der Waals surface area contributed by atoms with Gasteiger partial charge in [-0.15, -0.1) is 6.58 Å². The molecule has 6 nitrogen and oxygen atoms in total. The molecule has 1 fully saturated rings. The molecule has 0 unspecified atom stereocenters. The molecule has 0 spiro atoms. The predicted molar refractivity (Wildman–Crippen MR) is 41.7 cm³/mol. The quantitative estimate of drug-likeness (QED) is 0.334. The van der Waals surface area contributed by atoms with Crippen molar-refractivity contribution in [2.45, 2.75) is 24.4 Å². The van der Waals surface area contributed by atoms with Crippen molar-refractivity contribution in [1.29, 1.82) is 0 Å². The number of esters is 1. The zero-order valence-electron chi connectivity index (χ0n) is 6.66. The zero-order valence-corrected chi connectivity index (χ0v) is 6.66. The molecule has 0 aromatic heterocycles. The van der Waals surface area contributed by atoms with E-state index in [2.05, 4.69) is 16.5 Å². The Morgan fingerprint density at radius 1 is 1.62 bits per heavy atom. The molecule has 0 aromatic rings. The Balaban J connectivity index is 2.77. The number of ether oxygens (including phenoxy) is 1. The van der Waals surface area contributed by atoms with Crippen LogP contribution in [-0.4, -0.2) is 40.5 Å². The number of rotatable bonds is 3. The molecule has 1 aliphatic heterocycles. The van der Waals surface area contributed by atoms with E-state index in [1.807, 2.05) is 0 Å². The Morgan fingerprint density at radius 3 is 2.54 bits per heavy atom. The maximum Gasteiger partial charge on any atom is 0.338 e. The summed E-state index contributed by atoms with van der Waals surface area (Å²) in [6.45, 7) is 3.28. The number of nitroso groups, excluding NO2 is 1. The molecule has 4 atom stereocenters. The lowest BCUT2D eigenvalue weighted by atomic mass is 10.1. The minimum absolute atomic E-state index is 0.951. The van der Waals surface area contributed by atoms with E-state index in [9.17, 15) is 14.8 Å². The van der Waals surface area contributed by atoms with E-state index in [1.54, 1.807) is 0 Å². The van der Waals surface area contributed by atoms with E-state index in [-0.39, 0.29) is 0 Å². The summed E-state index contributed by atoms with van der Waals surface area (Å²) < 4.78 is 4.53. The van der Waals surface area contributed by atoms with Crippen LogP contribution in [0, 0.1) is 4.91 Å². The van der Waals surface area contributed by atoms with Crippen LogP contribution in [0.2, 0.25) is 0 Å². The molecular weight excluding hydrogens is 178 g/mol. The van der Waals surface area contributed by atoms with Crippen LogP contribution in [-0.2, 0) is 9.53 Å². The summed E-state index contributed by atoms with van der Waals surface area (Å²) in [7, 11) is 0. The van der Waals surface area contributed by atoms with Crippen LogP contribution in [0.25, 0.3) is 0 Å². The first-order valence-electron chi connectivity index (χ1n) is 3.63. The first-order chi connectivity index (χ1) is 6.11. The second-order valence-electron chi connectivity index (χ2n) is 2.67. The summed E-state index contributed by atoms with van der Waals surface area (Å²) in [5, 5.41) is 20.8. The van der Waals surface area contributed by atoms with Gasteiger partial charge in [0.05, 0.1) is 0 Å². The standard InChI is InChI=1S/C7H9NO5/c1-2-3(8-12)6-4(9)5(10)7(11)13-6/h2-6,9-10H,1H2/t3-,4+,5-,6+/m1/s1.